The van der Waals surface area contributed by atoms with Gasteiger partial charge in [-0.15, -0.1) is 0 Å². The normalized spacial score (nSPS) is 19.5. The predicted octanol–water partition coefficient (Wildman–Crippen LogP) is 2.16. The number of sulfonamides is 1. The number of benzene rings is 1. The van der Waals surface area contributed by atoms with E-state index in [1.165, 1.54) is 16.6 Å². The van der Waals surface area contributed by atoms with Crippen LogP contribution in [0.15, 0.2) is 41.4 Å². The van der Waals surface area contributed by atoms with E-state index in [2.05, 4.69) is 10.3 Å². The minimum atomic E-state index is -3.84. The third kappa shape index (κ3) is 4.54. The Labute approximate surface area is 187 Å². The molecule has 3 heterocycles. The second-order valence-corrected chi connectivity index (χ2v) is 10.1. The topological polar surface area (TPSA) is 126 Å². The molecule has 9 nitrogen and oxygen atoms in total. The van der Waals surface area contributed by atoms with Gasteiger partial charge in [0.15, 0.2) is 0 Å². The minimum absolute atomic E-state index is 0.0304. The van der Waals surface area contributed by atoms with Gasteiger partial charge < -0.3 is 15.2 Å². The van der Waals surface area contributed by atoms with Gasteiger partial charge in [0, 0.05) is 38.1 Å². The number of carbonyl (C=O) groups is 2. The van der Waals surface area contributed by atoms with Crippen molar-refractivity contribution in [3.8, 4) is 6.07 Å². The molecule has 0 unspecified atom stereocenters. The average Bonchev–Trinajstić information content (AvgIpc) is 3.52. The van der Waals surface area contributed by atoms with Crippen molar-refractivity contribution in [1.82, 2.24) is 14.2 Å². The van der Waals surface area contributed by atoms with Crippen molar-refractivity contribution in [1.29, 1.82) is 5.26 Å². The maximum absolute atomic E-state index is 13.2. The Balaban J connectivity index is 1.44. The first-order chi connectivity index (χ1) is 15.4. The fraction of sp³-hybridized carbons (Fsp3) is 0.409. The maximum Gasteiger partial charge on any atom is 0.270 e. The molecule has 1 atom stereocenters. The SMILES string of the molecule is N#Cc1cccc(NC(=O)[C@H]2CCCN(S(=O)(=O)c3c[nH]c(C(=O)N4CCCC4)c3)C2)c1. The molecule has 0 bridgehead atoms. The van der Waals surface area contributed by atoms with Crippen LogP contribution in [0.3, 0.4) is 0 Å². The molecule has 4 rings (SSSR count). The van der Waals surface area contributed by atoms with Crippen LogP contribution in [0.2, 0.25) is 0 Å². The highest BCUT2D eigenvalue weighted by molar-refractivity contribution is 7.89. The van der Waals surface area contributed by atoms with Crippen molar-refractivity contribution in [2.45, 2.75) is 30.6 Å². The number of rotatable bonds is 5. The number of likely N-dealkylation sites (tertiary alicyclic amines) is 1. The molecule has 10 heteroatoms. The summed E-state index contributed by atoms with van der Waals surface area (Å²) in [5, 5.41) is 11.8. The van der Waals surface area contributed by atoms with Gasteiger partial charge in [-0.25, -0.2) is 8.42 Å². The van der Waals surface area contributed by atoms with Gasteiger partial charge in [0.05, 0.1) is 17.6 Å². The van der Waals surface area contributed by atoms with Gasteiger partial charge in [0.25, 0.3) is 5.91 Å². The Bertz CT molecular complexity index is 1160. The van der Waals surface area contributed by atoms with Crippen LogP contribution in [0.1, 0.15) is 41.7 Å². The molecular weight excluding hydrogens is 430 g/mol. The molecule has 1 aromatic carbocycles. The largest absolute Gasteiger partial charge is 0.356 e. The first-order valence-electron chi connectivity index (χ1n) is 10.7. The van der Waals surface area contributed by atoms with Crippen LogP contribution in [0, 0.1) is 17.2 Å². The van der Waals surface area contributed by atoms with Crippen LogP contribution in [0.5, 0.6) is 0 Å². The molecular formula is C22H25N5O4S. The Morgan fingerprint density at radius 2 is 1.91 bits per heavy atom. The quantitative estimate of drug-likeness (QED) is 0.714. The van der Waals surface area contributed by atoms with Gasteiger partial charge in [-0.05, 0) is 49.9 Å². The van der Waals surface area contributed by atoms with Gasteiger partial charge in [0.2, 0.25) is 15.9 Å². The van der Waals surface area contributed by atoms with Crippen LogP contribution in [-0.4, -0.2) is 60.6 Å². The van der Waals surface area contributed by atoms with Crippen molar-refractivity contribution in [3.05, 3.63) is 47.8 Å². The maximum atomic E-state index is 13.2. The summed E-state index contributed by atoms with van der Waals surface area (Å²) in [4.78, 5) is 29.8. The molecule has 32 heavy (non-hydrogen) atoms. The van der Waals surface area contributed by atoms with E-state index < -0.39 is 15.9 Å². The molecule has 0 radical (unpaired) electrons. The molecule has 2 fully saturated rings. The monoisotopic (exact) mass is 455 g/mol. The molecule has 2 amide bonds. The number of aromatic amines is 1. The highest BCUT2D eigenvalue weighted by atomic mass is 32.2. The molecule has 2 aliphatic rings. The number of amides is 2. The second kappa shape index (κ2) is 9.14. The number of carbonyl (C=O) groups excluding carboxylic acids is 2. The number of hydrogen-bond donors (Lipinski definition) is 2. The van der Waals surface area contributed by atoms with E-state index in [-0.39, 0.29) is 28.9 Å². The van der Waals surface area contributed by atoms with Crippen LogP contribution in [0.4, 0.5) is 5.69 Å². The molecule has 2 aromatic rings. The number of nitriles is 1. The number of H-pyrrole nitrogens is 1. The van der Waals surface area contributed by atoms with Crippen molar-refractivity contribution < 1.29 is 18.0 Å². The van der Waals surface area contributed by atoms with Crippen molar-refractivity contribution in [2.75, 3.05) is 31.5 Å². The molecule has 2 N–H and O–H groups in total. The lowest BCUT2D eigenvalue weighted by Crippen LogP contribution is -2.43. The first kappa shape index (κ1) is 22.0. The van der Waals surface area contributed by atoms with E-state index in [0.717, 1.165) is 12.8 Å². The summed E-state index contributed by atoms with van der Waals surface area (Å²) in [6.45, 7) is 1.74. The molecule has 0 aliphatic carbocycles. The second-order valence-electron chi connectivity index (χ2n) is 8.13. The third-order valence-corrected chi connectivity index (χ3v) is 7.78. The fourth-order valence-corrected chi connectivity index (χ4v) is 5.69. The summed E-state index contributed by atoms with van der Waals surface area (Å²) in [5.41, 5.74) is 1.20. The van der Waals surface area contributed by atoms with Crippen LogP contribution < -0.4 is 5.32 Å². The van der Waals surface area contributed by atoms with Crippen molar-refractivity contribution in [3.63, 3.8) is 0 Å². The first-order valence-corrected chi connectivity index (χ1v) is 12.1. The smallest absolute Gasteiger partial charge is 0.270 e. The highest BCUT2D eigenvalue weighted by Gasteiger charge is 2.34. The number of piperidine rings is 1. The van der Waals surface area contributed by atoms with Crippen molar-refractivity contribution in [2.24, 2.45) is 5.92 Å². The number of nitrogens with zero attached hydrogens (tertiary/aromatic N) is 3. The minimum Gasteiger partial charge on any atom is -0.356 e. The zero-order chi connectivity index (χ0) is 22.7. The zero-order valence-electron chi connectivity index (χ0n) is 17.6. The van der Waals surface area contributed by atoms with Gasteiger partial charge in [-0.2, -0.15) is 9.57 Å². The fourth-order valence-electron chi connectivity index (χ4n) is 4.17. The highest BCUT2D eigenvalue weighted by Crippen LogP contribution is 2.26. The van der Waals surface area contributed by atoms with E-state index in [1.54, 1.807) is 29.2 Å². The number of nitrogens with one attached hydrogen (secondary N) is 2. The van der Waals surface area contributed by atoms with Crippen LogP contribution >= 0.6 is 0 Å². The van der Waals surface area contributed by atoms with Gasteiger partial charge in [-0.1, -0.05) is 6.07 Å². The summed E-state index contributed by atoms with van der Waals surface area (Å²) in [7, 11) is -3.84. The summed E-state index contributed by atoms with van der Waals surface area (Å²) in [6.07, 6.45) is 4.38. The molecule has 0 spiro atoms. The Hall–Kier alpha value is -3.16. The van der Waals surface area contributed by atoms with Crippen LogP contribution in [-0.2, 0) is 14.8 Å². The van der Waals surface area contributed by atoms with Crippen LogP contribution in [0.25, 0.3) is 0 Å². The molecule has 2 saturated heterocycles. The Morgan fingerprint density at radius 3 is 2.66 bits per heavy atom. The lowest BCUT2D eigenvalue weighted by Gasteiger charge is -2.31. The number of hydrogen-bond acceptors (Lipinski definition) is 5. The van der Waals surface area contributed by atoms with E-state index in [1.807, 2.05) is 6.07 Å². The summed E-state index contributed by atoms with van der Waals surface area (Å²) < 4.78 is 27.6. The van der Waals surface area contributed by atoms with Gasteiger partial charge in [0.1, 0.15) is 10.6 Å². The van der Waals surface area contributed by atoms with Crippen molar-refractivity contribution >= 4 is 27.5 Å². The molecule has 168 valence electrons. The molecule has 0 saturated carbocycles. The number of anilines is 1. The Morgan fingerprint density at radius 1 is 1.12 bits per heavy atom. The molecule has 1 aromatic heterocycles. The van der Waals surface area contributed by atoms with Gasteiger partial charge in [-0.3, -0.25) is 9.59 Å². The standard InChI is InChI=1S/C22H25N5O4S/c23-13-16-5-3-7-18(11-16)25-21(28)17-6-4-10-27(15-17)32(30,31)19-12-20(24-14-19)22(29)26-8-1-2-9-26/h3,5,7,11-12,14,17,24H,1-2,4,6,8-10,15H2,(H,25,28)/t17-/m0/s1. The van der Waals surface area contributed by atoms with E-state index in [0.29, 0.717) is 43.7 Å². The average molecular weight is 456 g/mol. The van der Waals surface area contributed by atoms with Gasteiger partial charge >= 0.3 is 0 Å². The summed E-state index contributed by atoms with van der Waals surface area (Å²) in [5.74, 6) is -0.979. The van der Waals surface area contributed by atoms with E-state index in [9.17, 15) is 18.0 Å². The number of aromatic nitrogens is 1. The summed E-state index contributed by atoms with van der Waals surface area (Å²) >= 11 is 0. The van der Waals surface area contributed by atoms with E-state index in [4.69, 9.17) is 5.26 Å². The molecule has 2 aliphatic heterocycles. The zero-order valence-corrected chi connectivity index (χ0v) is 18.4. The lowest BCUT2D eigenvalue weighted by molar-refractivity contribution is -0.120. The Kier molecular flexibility index (Phi) is 6.30. The summed E-state index contributed by atoms with van der Waals surface area (Å²) in [6, 6.07) is 10.00. The predicted molar refractivity (Wildman–Crippen MR) is 117 cm³/mol. The van der Waals surface area contributed by atoms with E-state index >= 15 is 0 Å². The lowest BCUT2D eigenvalue weighted by atomic mass is 9.98. The third-order valence-electron chi connectivity index (χ3n) is 5.93.